The summed E-state index contributed by atoms with van der Waals surface area (Å²) in [6, 6.07) is 12.5. The molecular weight excluding hydrogens is 358 g/mol. The van der Waals surface area contributed by atoms with E-state index < -0.39 is 0 Å². The number of carbonyl (C=O) groups is 1. The predicted molar refractivity (Wildman–Crippen MR) is 110 cm³/mol. The number of anilines is 1. The van der Waals surface area contributed by atoms with Gasteiger partial charge in [0.2, 0.25) is 5.91 Å². The van der Waals surface area contributed by atoms with Crippen LogP contribution < -0.4 is 10.6 Å². The van der Waals surface area contributed by atoms with E-state index in [0.29, 0.717) is 6.54 Å². The third-order valence-electron chi connectivity index (χ3n) is 4.62. The number of aromatic nitrogens is 2. The van der Waals surface area contributed by atoms with E-state index in [0.717, 1.165) is 54.5 Å². The largest absolute Gasteiger partial charge is 0.369 e. The van der Waals surface area contributed by atoms with Crippen LogP contribution >= 0.6 is 11.3 Å². The zero-order valence-corrected chi connectivity index (χ0v) is 16.2. The number of nitrogens with one attached hydrogen (secondary N) is 2. The summed E-state index contributed by atoms with van der Waals surface area (Å²) < 4.78 is 0. The molecule has 0 atom stereocenters. The van der Waals surface area contributed by atoms with Gasteiger partial charge in [0.05, 0.1) is 11.9 Å². The highest BCUT2D eigenvalue weighted by Crippen LogP contribution is 2.35. The molecule has 0 spiro atoms. The molecule has 1 amide bonds. The number of rotatable bonds is 6. The number of carbonyl (C=O) groups excluding carboxylic acids is 1. The average molecular weight is 382 g/mol. The fourth-order valence-electron chi connectivity index (χ4n) is 3.30. The molecule has 0 radical (unpaired) electrons. The van der Waals surface area contributed by atoms with Crippen LogP contribution in [-0.4, -0.2) is 53.5 Å². The number of fused-ring (bicyclic) bond motifs is 1. The van der Waals surface area contributed by atoms with Gasteiger partial charge in [0.25, 0.3) is 0 Å². The van der Waals surface area contributed by atoms with Crippen LogP contribution in [0.5, 0.6) is 0 Å². The normalized spacial score (nSPS) is 15.1. The second-order valence-corrected chi connectivity index (χ2v) is 7.75. The van der Waals surface area contributed by atoms with E-state index in [2.05, 4.69) is 55.8 Å². The lowest BCUT2D eigenvalue weighted by Crippen LogP contribution is -2.47. The van der Waals surface area contributed by atoms with Crippen molar-refractivity contribution in [2.24, 2.45) is 0 Å². The Morgan fingerprint density at radius 2 is 2.11 bits per heavy atom. The van der Waals surface area contributed by atoms with Crippen molar-refractivity contribution in [2.75, 3.05) is 38.0 Å². The highest BCUT2D eigenvalue weighted by atomic mass is 32.1. The number of nitrogens with zero attached hydrogens (tertiary/aromatic N) is 3. The van der Waals surface area contributed by atoms with E-state index in [1.165, 1.54) is 10.4 Å². The second-order valence-electron chi connectivity index (χ2n) is 6.72. The minimum atomic E-state index is 0.119. The molecule has 1 aliphatic rings. The Hall–Kier alpha value is -2.51. The van der Waals surface area contributed by atoms with Gasteiger partial charge in [0.15, 0.2) is 0 Å². The minimum Gasteiger partial charge on any atom is -0.369 e. The molecule has 2 aromatic heterocycles. The van der Waals surface area contributed by atoms with E-state index in [9.17, 15) is 4.79 Å². The molecule has 140 valence electrons. The number of hydrogen-bond donors (Lipinski definition) is 2. The molecule has 2 N–H and O–H groups in total. The Balaban J connectivity index is 1.45. The molecule has 0 bridgehead atoms. The number of amides is 1. The summed E-state index contributed by atoms with van der Waals surface area (Å²) >= 11 is 1.70. The summed E-state index contributed by atoms with van der Waals surface area (Å²) in [5.74, 6) is 1.79. The molecule has 1 saturated heterocycles. The lowest BCUT2D eigenvalue weighted by molar-refractivity contribution is -0.124. The van der Waals surface area contributed by atoms with E-state index in [-0.39, 0.29) is 5.91 Å². The first-order chi connectivity index (χ1) is 13.2. The van der Waals surface area contributed by atoms with Crippen molar-refractivity contribution in [1.82, 2.24) is 20.2 Å². The SMILES string of the molecule is Cc1nc(NCCCN2CCNC(=O)C2)c2cc(-c3ccccc3)sc2n1. The smallest absolute Gasteiger partial charge is 0.234 e. The summed E-state index contributed by atoms with van der Waals surface area (Å²) in [4.78, 5) is 25.1. The van der Waals surface area contributed by atoms with E-state index in [4.69, 9.17) is 0 Å². The molecule has 0 unspecified atom stereocenters. The molecule has 27 heavy (non-hydrogen) atoms. The summed E-state index contributed by atoms with van der Waals surface area (Å²) in [5.41, 5.74) is 1.20. The van der Waals surface area contributed by atoms with Crippen molar-refractivity contribution in [3.8, 4) is 10.4 Å². The third-order valence-corrected chi connectivity index (χ3v) is 5.70. The first-order valence-corrected chi connectivity index (χ1v) is 10.1. The van der Waals surface area contributed by atoms with Crippen LogP contribution in [0.1, 0.15) is 12.2 Å². The molecule has 6 nitrogen and oxygen atoms in total. The van der Waals surface area contributed by atoms with Crippen molar-refractivity contribution in [2.45, 2.75) is 13.3 Å². The third kappa shape index (κ3) is 4.26. The van der Waals surface area contributed by atoms with Crippen molar-refractivity contribution in [3.63, 3.8) is 0 Å². The van der Waals surface area contributed by atoms with Crippen LogP contribution in [0.4, 0.5) is 5.82 Å². The maximum absolute atomic E-state index is 11.4. The highest BCUT2D eigenvalue weighted by Gasteiger charge is 2.15. The Morgan fingerprint density at radius 1 is 1.26 bits per heavy atom. The minimum absolute atomic E-state index is 0.119. The van der Waals surface area contributed by atoms with Crippen LogP contribution in [0.15, 0.2) is 36.4 Å². The fraction of sp³-hybridized carbons (Fsp3) is 0.350. The fourth-order valence-corrected chi connectivity index (χ4v) is 4.38. The van der Waals surface area contributed by atoms with Crippen molar-refractivity contribution >= 4 is 33.3 Å². The van der Waals surface area contributed by atoms with Gasteiger partial charge in [-0.15, -0.1) is 11.3 Å². The van der Waals surface area contributed by atoms with Gasteiger partial charge in [-0.3, -0.25) is 9.69 Å². The van der Waals surface area contributed by atoms with Gasteiger partial charge in [-0.05, 0) is 25.0 Å². The molecule has 0 aliphatic carbocycles. The van der Waals surface area contributed by atoms with E-state index in [1.54, 1.807) is 11.3 Å². The number of aryl methyl sites for hydroxylation is 1. The summed E-state index contributed by atoms with van der Waals surface area (Å²) in [5, 5.41) is 7.40. The monoisotopic (exact) mass is 381 g/mol. The molecule has 3 aromatic rings. The standard InChI is InChI=1S/C20H23N5OS/c1-14-23-19(22-8-5-10-25-11-9-21-18(26)13-25)16-12-17(27-20(16)24-14)15-6-3-2-4-7-15/h2-4,6-7,12H,5,8-11,13H2,1H3,(H,21,26)(H,22,23,24). The van der Waals surface area contributed by atoms with E-state index >= 15 is 0 Å². The van der Waals surface area contributed by atoms with Gasteiger partial charge in [-0.2, -0.15) is 0 Å². The first-order valence-electron chi connectivity index (χ1n) is 9.25. The van der Waals surface area contributed by atoms with Gasteiger partial charge >= 0.3 is 0 Å². The van der Waals surface area contributed by atoms with Gasteiger partial charge < -0.3 is 10.6 Å². The summed E-state index contributed by atoms with van der Waals surface area (Å²) in [6.45, 7) is 5.83. The Labute approximate surface area is 162 Å². The lowest BCUT2D eigenvalue weighted by atomic mass is 10.2. The maximum atomic E-state index is 11.4. The maximum Gasteiger partial charge on any atom is 0.234 e. The second kappa shape index (κ2) is 8.02. The molecule has 1 aliphatic heterocycles. The van der Waals surface area contributed by atoms with Gasteiger partial charge in [0, 0.05) is 31.1 Å². The van der Waals surface area contributed by atoms with Crippen LogP contribution in [0.25, 0.3) is 20.7 Å². The molecule has 0 saturated carbocycles. The zero-order chi connectivity index (χ0) is 18.6. The highest BCUT2D eigenvalue weighted by molar-refractivity contribution is 7.21. The molecule has 1 aromatic carbocycles. The molecule has 3 heterocycles. The zero-order valence-electron chi connectivity index (χ0n) is 15.4. The topological polar surface area (TPSA) is 70.2 Å². The number of hydrogen-bond acceptors (Lipinski definition) is 6. The number of piperazine rings is 1. The predicted octanol–water partition coefficient (Wildman–Crippen LogP) is 2.90. The average Bonchev–Trinajstić information content (AvgIpc) is 3.10. The number of thiophene rings is 1. The Bertz CT molecular complexity index is 940. The quantitative estimate of drug-likeness (QED) is 0.643. The van der Waals surface area contributed by atoms with Gasteiger partial charge in [0.1, 0.15) is 16.5 Å². The van der Waals surface area contributed by atoms with Crippen molar-refractivity contribution < 1.29 is 4.79 Å². The van der Waals surface area contributed by atoms with Crippen LogP contribution in [0, 0.1) is 6.92 Å². The Morgan fingerprint density at radius 3 is 2.93 bits per heavy atom. The van der Waals surface area contributed by atoms with Crippen LogP contribution in [-0.2, 0) is 4.79 Å². The lowest BCUT2D eigenvalue weighted by Gasteiger charge is -2.26. The summed E-state index contributed by atoms with van der Waals surface area (Å²) in [7, 11) is 0. The van der Waals surface area contributed by atoms with E-state index in [1.807, 2.05) is 13.0 Å². The first kappa shape index (κ1) is 17.9. The molecule has 1 fully saturated rings. The van der Waals surface area contributed by atoms with Gasteiger partial charge in [-0.1, -0.05) is 30.3 Å². The summed E-state index contributed by atoms with van der Waals surface area (Å²) in [6.07, 6.45) is 0.966. The van der Waals surface area contributed by atoms with Gasteiger partial charge in [-0.25, -0.2) is 9.97 Å². The van der Waals surface area contributed by atoms with Crippen LogP contribution in [0.2, 0.25) is 0 Å². The molecular formula is C20H23N5OS. The number of benzene rings is 1. The Kier molecular flexibility index (Phi) is 5.31. The molecule has 7 heteroatoms. The van der Waals surface area contributed by atoms with Crippen molar-refractivity contribution in [3.05, 3.63) is 42.2 Å². The van der Waals surface area contributed by atoms with Crippen LogP contribution in [0.3, 0.4) is 0 Å². The van der Waals surface area contributed by atoms with Crippen molar-refractivity contribution in [1.29, 1.82) is 0 Å². The molecule has 4 rings (SSSR count).